The van der Waals surface area contributed by atoms with E-state index in [-0.39, 0.29) is 11.8 Å². The molecule has 3 N–H and O–H groups in total. The Morgan fingerprint density at radius 1 is 1.67 bits per heavy atom. The number of hydrogen-bond donors (Lipinski definition) is 3. The lowest BCUT2D eigenvalue weighted by molar-refractivity contribution is -0.125. The first-order chi connectivity index (χ1) is 7.36. The maximum atomic E-state index is 11.7. The summed E-state index contributed by atoms with van der Waals surface area (Å²) in [5.74, 6) is 0.272. The molecule has 2 heterocycles. The van der Waals surface area contributed by atoms with Gasteiger partial charge < -0.3 is 10.6 Å². The third kappa shape index (κ3) is 2.79. The van der Waals surface area contributed by atoms with Gasteiger partial charge in [0.25, 0.3) is 0 Å². The molecule has 2 rings (SSSR count). The van der Waals surface area contributed by atoms with Crippen LogP contribution < -0.4 is 10.6 Å². The Bertz CT molecular complexity index is 303. The van der Waals surface area contributed by atoms with Crippen molar-refractivity contribution in [3.63, 3.8) is 0 Å². The van der Waals surface area contributed by atoms with Gasteiger partial charge in [-0.25, -0.2) is 0 Å². The molecule has 5 heteroatoms. The molecule has 5 nitrogen and oxygen atoms in total. The Balaban J connectivity index is 1.76. The van der Waals surface area contributed by atoms with Crippen molar-refractivity contribution in [1.29, 1.82) is 0 Å². The molecule has 1 aromatic rings. The Hall–Kier alpha value is -1.36. The molecule has 15 heavy (non-hydrogen) atoms. The number of carbonyl (C=O) groups is 1. The predicted octanol–water partition coefficient (Wildman–Crippen LogP) is 0.0255. The smallest absolute Gasteiger partial charge is 0.224 e. The van der Waals surface area contributed by atoms with Gasteiger partial charge in [-0.2, -0.15) is 5.10 Å². The molecule has 82 valence electrons. The van der Waals surface area contributed by atoms with Gasteiger partial charge in [0.1, 0.15) is 0 Å². The van der Waals surface area contributed by atoms with Gasteiger partial charge in [-0.3, -0.25) is 9.89 Å². The molecule has 1 aliphatic heterocycles. The average molecular weight is 208 g/mol. The summed E-state index contributed by atoms with van der Waals surface area (Å²) < 4.78 is 0. The third-order valence-corrected chi connectivity index (χ3v) is 2.69. The van der Waals surface area contributed by atoms with Crippen LogP contribution in [0.1, 0.15) is 18.4 Å². The molecule has 0 unspecified atom stereocenters. The second kappa shape index (κ2) is 4.93. The highest BCUT2D eigenvalue weighted by Gasteiger charge is 2.20. The van der Waals surface area contributed by atoms with E-state index in [0.717, 1.165) is 31.5 Å². The number of nitrogens with zero attached hydrogens (tertiary/aromatic N) is 1. The molecule has 0 aromatic carbocycles. The topological polar surface area (TPSA) is 69.8 Å². The fourth-order valence-corrected chi connectivity index (χ4v) is 1.78. The molecule has 1 saturated heterocycles. The zero-order valence-corrected chi connectivity index (χ0v) is 8.62. The van der Waals surface area contributed by atoms with E-state index in [4.69, 9.17) is 0 Å². The molecule has 0 aliphatic carbocycles. The SMILES string of the molecule is O=C(NCc1cn[nH]c1)[C@@H]1CCCNC1. The molecule has 1 atom stereocenters. The van der Waals surface area contributed by atoms with Crippen molar-refractivity contribution in [3.05, 3.63) is 18.0 Å². The van der Waals surface area contributed by atoms with E-state index in [2.05, 4.69) is 20.8 Å². The Morgan fingerprint density at radius 3 is 3.27 bits per heavy atom. The highest BCUT2D eigenvalue weighted by Crippen LogP contribution is 2.09. The number of nitrogens with one attached hydrogen (secondary N) is 3. The molecule has 1 aromatic heterocycles. The summed E-state index contributed by atoms with van der Waals surface area (Å²) >= 11 is 0. The molecule has 1 aliphatic rings. The fraction of sp³-hybridized carbons (Fsp3) is 0.600. The van der Waals surface area contributed by atoms with E-state index >= 15 is 0 Å². The van der Waals surface area contributed by atoms with Crippen molar-refractivity contribution in [2.75, 3.05) is 13.1 Å². The highest BCUT2D eigenvalue weighted by molar-refractivity contribution is 5.78. The number of carbonyl (C=O) groups excluding carboxylic acids is 1. The molecular weight excluding hydrogens is 192 g/mol. The van der Waals surface area contributed by atoms with Gasteiger partial charge in [-0.15, -0.1) is 0 Å². The first kappa shape index (κ1) is 10.2. The summed E-state index contributed by atoms with van der Waals surface area (Å²) in [4.78, 5) is 11.7. The molecule has 1 fully saturated rings. The van der Waals surface area contributed by atoms with Gasteiger partial charge in [0.2, 0.25) is 5.91 Å². The van der Waals surface area contributed by atoms with Crippen molar-refractivity contribution in [1.82, 2.24) is 20.8 Å². The second-order valence-corrected chi connectivity index (χ2v) is 3.87. The van der Waals surface area contributed by atoms with Crippen molar-refractivity contribution in [3.8, 4) is 0 Å². The fourth-order valence-electron chi connectivity index (χ4n) is 1.78. The Morgan fingerprint density at radius 2 is 2.60 bits per heavy atom. The van der Waals surface area contributed by atoms with Crippen LogP contribution in [0.4, 0.5) is 0 Å². The molecular formula is C10H16N4O. The van der Waals surface area contributed by atoms with Crippen molar-refractivity contribution >= 4 is 5.91 Å². The minimum absolute atomic E-state index is 0.130. The average Bonchev–Trinajstić information content (AvgIpc) is 2.80. The summed E-state index contributed by atoms with van der Waals surface area (Å²) in [6.07, 6.45) is 5.59. The maximum Gasteiger partial charge on any atom is 0.224 e. The summed E-state index contributed by atoms with van der Waals surface area (Å²) in [5, 5.41) is 12.7. The number of aromatic nitrogens is 2. The van der Waals surface area contributed by atoms with Gasteiger partial charge in [-0.05, 0) is 19.4 Å². The van der Waals surface area contributed by atoms with Gasteiger partial charge >= 0.3 is 0 Å². The van der Waals surface area contributed by atoms with Crippen LogP contribution in [0.5, 0.6) is 0 Å². The Kier molecular flexibility index (Phi) is 3.34. The summed E-state index contributed by atoms with van der Waals surface area (Å²) in [7, 11) is 0. The van der Waals surface area contributed by atoms with Crippen LogP contribution in [0.2, 0.25) is 0 Å². The van der Waals surface area contributed by atoms with E-state index in [1.165, 1.54) is 0 Å². The largest absolute Gasteiger partial charge is 0.352 e. The summed E-state index contributed by atoms with van der Waals surface area (Å²) in [5.41, 5.74) is 1.01. The van der Waals surface area contributed by atoms with Crippen LogP contribution in [-0.2, 0) is 11.3 Å². The molecule has 0 bridgehead atoms. The van der Waals surface area contributed by atoms with Gasteiger partial charge in [0, 0.05) is 24.8 Å². The second-order valence-electron chi connectivity index (χ2n) is 3.87. The molecule has 1 amide bonds. The number of amides is 1. The number of piperidine rings is 1. The van der Waals surface area contributed by atoms with E-state index < -0.39 is 0 Å². The molecule has 0 spiro atoms. The zero-order chi connectivity index (χ0) is 10.5. The number of rotatable bonds is 3. The first-order valence-corrected chi connectivity index (χ1v) is 5.32. The highest BCUT2D eigenvalue weighted by atomic mass is 16.1. The van der Waals surface area contributed by atoms with Crippen LogP contribution in [0.3, 0.4) is 0 Å². The quantitative estimate of drug-likeness (QED) is 0.656. The number of hydrogen-bond acceptors (Lipinski definition) is 3. The van der Waals surface area contributed by atoms with Gasteiger partial charge in [0.05, 0.1) is 12.1 Å². The lowest BCUT2D eigenvalue weighted by atomic mass is 9.99. The van der Waals surface area contributed by atoms with Crippen LogP contribution in [0.15, 0.2) is 12.4 Å². The van der Waals surface area contributed by atoms with Crippen LogP contribution in [-0.4, -0.2) is 29.2 Å². The summed E-state index contributed by atoms with van der Waals surface area (Å²) in [6.45, 7) is 2.40. The van der Waals surface area contributed by atoms with E-state index in [9.17, 15) is 4.79 Å². The minimum Gasteiger partial charge on any atom is -0.352 e. The van der Waals surface area contributed by atoms with Gasteiger partial charge in [0.15, 0.2) is 0 Å². The predicted molar refractivity (Wildman–Crippen MR) is 56.0 cm³/mol. The number of H-pyrrole nitrogens is 1. The standard InChI is InChI=1S/C10H16N4O/c15-10(9-2-1-3-11-7-9)12-4-8-5-13-14-6-8/h5-6,9,11H,1-4,7H2,(H,12,15)(H,13,14)/t9-/m1/s1. The zero-order valence-electron chi connectivity index (χ0n) is 8.62. The first-order valence-electron chi connectivity index (χ1n) is 5.32. The van der Waals surface area contributed by atoms with Gasteiger partial charge in [-0.1, -0.05) is 0 Å². The monoisotopic (exact) mass is 208 g/mol. The maximum absolute atomic E-state index is 11.7. The Labute approximate surface area is 88.6 Å². The molecule has 0 saturated carbocycles. The lowest BCUT2D eigenvalue weighted by Gasteiger charge is -2.21. The number of aromatic amines is 1. The van der Waals surface area contributed by atoms with E-state index in [1.54, 1.807) is 12.4 Å². The van der Waals surface area contributed by atoms with E-state index in [0.29, 0.717) is 6.54 Å². The summed E-state index contributed by atoms with van der Waals surface area (Å²) in [6, 6.07) is 0. The van der Waals surface area contributed by atoms with Crippen LogP contribution in [0, 0.1) is 5.92 Å². The van der Waals surface area contributed by atoms with Crippen LogP contribution in [0.25, 0.3) is 0 Å². The van der Waals surface area contributed by atoms with Crippen molar-refractivity contribution in [2.45, 2.75) is 19.4 Å². The van der Waals surface area contributed by atoms with Crippen molar-refractivity contribution < 1.29 is 4.79 Å². The molecule has 0 radical (unpaired) electrons. The minimum atomic E-state index is 0.130. The van der Waals surface area contributed by atoms with E-state index in [1.807, 2.05) is 0 Å². The third-order valence-electron chi connectivity index (χ3n) is 2.69. The normalized spacial score (nSPS) is 21.2. The van der Waals surface area contributed by atoms with Crippen molar-refractivity contribution in [2.24, 2.45) is 5.92 Å². The van der Waals surface area contributed by atoms with Crippen LogP contribution >= 0.6 is 0 Å². The lowest BCUT2D eigenvalue weighted by Crippen LogP contribution is -2.40.